The number of fused-ring (bicyclic) bond motifs is 2. The molecule has 2 saturated heterocycles. The van der Waals surface area contributed by atoms with Crippen molar-refractivity contribution in [3.8, 4) is 0 Å². The average molecular weight is 184 g/mol. The van der Waals surface area contributed by atoms with Crippen LogP contribution in [0.5, 0.6) is 0 Å². The Bertz CT molecular complexity index is 230. The van der Waals surface area contributed by atoms with E-state index in [-0.39, 0.29) is 11.2 Å². The van der Waals surface area contributed by atoms with Gasteiger partial charge in [0.05, 0.1) is 16.8 Å². The smallest absolute Gasteiger partial charge is 0.0947 e. The van der Waals surface area contributed by atoms with E-state index in [1.165, 1.54) is 0 Å². The Morgan fingerprint density at radius 1 is 1.23 bits per heavy atom. The summed E-state index contributed by atoms with van der Waals surface area (Å²) in [5.41, 5.74) is -0.967. The molecule has 2 bridgehead atoms. The molecule has 2 aliphatic rings. The Morgan fingerprint density at radius 3 is 2.08 bits per heavy atom. The molecule has 2 rings (SSSR count). The van der Waals surface area contributed by atoms with Gasteiger partial charge in [0.1, 0.15) is 0 Å². The molecule has 0 aromatic rings. The van der Waals surface area contributed by atoms with Crippen LogP contribution in [-0.2, 0) is 4.74 Å². The minimum Gasteiger partial charge on any atom is -0.387 e. The summed E-state index contributed by atoms with van der Waals surface area (Å²) < 4.78 is 6.07. The highest BCUT2D eigenvalue weighted by Crippen LogP contribution is 2.58. The molecule has 2 nitrogen and oxygen atoms in total. The van der Waals surface area contributed by atoms with Gasteiger partial charge < -0.3 is 9.84 Å². The van der Waals surface area contributed by atoms with Crippen molar-refractivity contribution in [2.45, 2.75) is 63.8 Å². The Labute approximate surface area is 80.3 Å². The van der Waals surface area contributed by atoms with E-state index < -0.39 is 5.60 Å². The predicted molar refractivity (Wildman–Crippen MR) is 51.5 cm³/mol. The van der Waals surface area contributed by atoms with Crippen LogP contribution in [0.1, 0.15) is 47.0 Å². The highest BCUT2D eigenvalue weighted by atomic mass is 16.6. The van der Waals surface area contributed by atoms with Gasteiger partial charge >= 0.3 is 0 Å². The number of aliphatic hydroxyl groups is 1. The van der Waals surface area contributed by atoms with Gasteiger partial charge in [0.15, 0.2) is 0 Å². The first-order chi connectivity index (χ1) is 5.81. The standard InChI is InChI=1S/C11H20O2/c1-8(2)11-6-5-10(4,13-11)9(3,12)7-11/h8,12H,5-7H2,1-4H3. The van der Waals surface area contributed by atoms with Crippen LogP contribution >= 0.6 is 0 Å². The fourth-order valence-electron chi connectivity index (χ4n) is 2.88. The lowest BCUT2D eigenvalue weighted by atomic mass is 9.69. The lowest BCUT2D eigenvalue weighted by Crippen LogP contribution is -2.47. The minimum absolute atomic E-state index is 0.0434. The second-order valence-corrected chi connectivity index (χ2v) is 5.50. The van der Waals surface area contributed by atoms with E-state index in [0.29, 0.717) is 5.92 Å². The predicted octanol–water partition coefficient (Wildman–Crippen LogP) is 2.11. The van der Waals surface area contributed by atoms with Gasteiger partial charge in [-0.25, -0.2) is 0 Å². The largest absolute Gasteiger partial charge is 0.387 e. The molecule has 0 aromatic carbocycles. The van der Waals surface area contributed by atoms with Crippen molar-refractivity contribution < 1.29 is 9.84 Å². The summed E-state index contributed by atoms with van der Waals surface area (Å²) >= 11 is 0. The summed E-state index contributed by atoms with van der Waals surface area (Å²) in [7, 11) is 0. The third kappa shape index (κ3) is 1.02. The van der Waals surface area contributed by atoms with Gasteiger partial charge in [-0.3, -0.25) is 0 Å². The van der Waals surface area contributed by atoms with E-state index in [1.54, 1.807) is 0 Å². The topological polar surface area (TPSA) is 29.5 Å². The molecule has 0 spiro atoms. The van der Waals surface area contributed by atoms with Crippen molar-refractivity contribution in [3.05, 3.63) is 0 Å². The molecular formula is C11H20O2. The first kappa shape index (κ1) is 9.47. The van der Waals surface area contributed by atoms with Gasteiger partial charge in [0, 0.05) is 6.42 Å². The normalized spacial score (nSPS) is 54.9. The molecule has 2 heteroatoms. The minimum atomic E-state index is -0.629. The molecule has 1 N–H and O–H groups in total. The van der Waals surface area contributed by atoms with E-state index in [2.05, 4.69) is 13.8 Å². The van der Waals surface area contributed by atoms with Gasteiger partial charge in [-0.15, -0.1) is 0 Å². The molecule has 3 unspecified atom stereocenters. The fraction of sp³-hybridized carbons (Fsp3) is 1.00. The van der Waals surface area contributed by atoms with Crippen LogP contribution in [0.25, 0.3) is 0 Å². The molecular weight excluding hydrogens is 164 g/mol. The van der Waals surface area contributed by atoms with Crippen molar-refractivity contribution >= 4 is 0 Å². The Balaban J connectivity index is 2.33. The van der Waals surface area contributed by atoms with E-state index >= 15 is 0 Å². The zero-order valence-electron chi connectivity index (χ0n) is 9.05. The lowest BCUT2D eigenvalue weighted by molar-refractivity contribution is -0.108. The van der Waals surface area contributed by atoms with Crippen LogP contribution < -0.4 is 0 Å². The Kier molecular flexibility index (Phi) is 1.67. The molecule has 76 valence electrons. The summed E-state index contributed by atoms with van der Waals surface area (Å²) in [5, 5.41) is 10.2. The first-order valence-electron chi connectivity index (χ1n) is 5.24. The van der Waals surface area contributed by atoms with Gasteiger partial charge in [-0.05, 0) is 32.6 Å². The second kappa shape index (κ2) is 2.29. The number of hydrogen-bond acceptors (Lipinski definition) is 2. The Morgan fingerprint density at radius 2 is 1.85 bits per heavy atom. The number of ether oxygens (including phenoxy) is 1. The van der Waals surface area contributed by atoms with Gasteiger partial charge in [0.25, 0.3) is 0 Å². The van der Waals surface area contributed by atoms with Crippen molar-refractivity contribution in [3.63, 3.8) is 0 Å². The molecule has 2 aliphatic heterocycles. The van der Waals surface area contributed by atoms with Crippen LogP contribution in [0.2, 0.25) is 0 Å². The summed E-state index contributed by atoms with van der Waals surface area (Å²) in [5.74, 6) is 0.503. The quantitative estimate of drug-likeness (QED) is 0.676. The lowest BCUT2D eigenvalue weighted by Gasteiger charge is -2.36. The van der Waals surface area contributed by atoms with E-state index in [1.807, 2.05) is 13.8 Å². The van der Waals surface area contributed by atoms with E-state index in [0.717, 1.165) is 19.3 Å². The number of hydrogen-bond donors (Lipinski definition) is 1. The molecule has 0 radical (unpaired) electrons. The zero-order valence-corrected chi connectivity index (χ0v) is 9.05. The van der Waals surface area contributed by atoms with Crippen molar-refractivity contribution in [1.82, 2.24) is 0 Å². The number of rotatable bonds is 1. The molecule has 0 aromatic heterocycles. The van der Waals surface area contributed by atoms with Crippen molar-refractivity contribution in [2.75, 3.05) is 0 Å². The Hall–Kier alpha value is -0.0800. The maximum Gasteiger partial charge on any atom is 0.0947 e. The molecule has 3 atom stereocenters. The molecule has 0 saturated carbocycles. The van der Waals surface area contributed by atoms with Crippen LogP contribution in [0, 0.1) is 5.92 Å². The van der Waals surface area contributed by atoms with E-state index in [4.69, 9.17) is 4.74 Å². The average Bonchev–Trinajstić information content (AvgIpc) is 2.37. The van der Waals surface area contributed by atoms with Crippen molar-refractivity contribution in [1.29, 1.82) is 0 Å². The van der Waals surface area contributed by atoms with Crippen LogP contribution in [0.15, 0.2) is 0 Å². The molecule has 0 amide bonds. The maximum atomic E-state index is 10.2. The summed E-state index contributed by atoms with van der Waals surface area (Å²) in [4.78, 5) is 0. The highest BCUT2D eigenvalue weighted by Gasteiger charge is 2.65. The maximum absolute atomic E-state index is 10.2. The van der Waals surface area contributed by atoms with Gasteiger partial charge in [-0.1, -0.05) is 13.8 Å². The van der Waals surface area contributed by atoms with E-state index in [9.17, 15) is 5.11 Å². The highest BCUT2D eigenvalue weighted by molar-refractivity contribution is 5.15. The van der Waals surface area contributed by atoms with Crippen LogP contribution in [-0.4, -0.2) is 21.9 Å². The van der Waals surface area contributed by atoms with Crippen LogP contribution in [0.4, 0.5) is 0 Å². The molecule has 2 fully saturated rings. The van der Waals surface area contributed by atoms with Gasteiger partial charge in [-0.2, -0.15) is 0 Å². The summed E-state index contributed by atoms with van der Waals surface area (Å²) in [6, 6.07) is 0. The zero-order chi connectivity index (χ0) is 9.91. The van der Waals surface area contributed by atoms with Crippen molar-refractivity contribution in [2.24, 2.45) is 5.92 Å². The molecule has 0 aliphatic carbocycles. The SMILES string of the molecule is CC(C)C12CCC(C)(O1)C(C)(O)C2. The second-order valence-electron chi connectivity index (χ2n) is 5.50. The van der Waals surface area contributed by atoms with Crippen LogP contribution in [0.3, 0.4) is 0 Å². The third-order valence-electron chi connectivity index (χ3n) is 4.29. The summed E-state index contributed by atoms with van der Waals surface area (Å²) in [6.45, 7) is 8.33. The first-order valence-corrected chi connectivity index (χ1v) is 5.24. The van der Waals surface area contributed by atoms with Gasteiger partial charge in [0.2, 0.25) is 0 Å². The molecule has 13 heavy (non-hydrogen) atoms. The molecule has 2 heterocycles. The fourth-order valence-corrected chi connectivity index (χ4v) is 2.88. The monoisotopic (exact) mass is 184 g/mol. The summed E-state index contributed by atoms with van der Waals surface area (Å²) in [6.07, 6.45) is 2.91. The third-order valence-corrected chi connectivity index (χ3v) is 4.29.